The van der Waals surface area contributed by atoms with Gasteiger partial charge in [-0.3, -0.25) is 0 Å². The van der Waals surface area contributed by atoms with Crippen LogP contribution in [-0.4, -0.2) is 6.61 Å². The molecule has 0 radical (unpaired) electrons. The van der Waals surface area contributed by atoms with E-state index in [0.29, 0.717) is 6.61 Å². The highest BCUT2D eigenvalue weighted by atomic mass is 79.9. The summed E-state index contributed by atoms with van der Waals surface area (Å²) >= 11 is 3.05. The lowest BCUT2D eigenvalue weighted by atomic mass is 10.2. The van der Waals surface area contributed by atoms with E-state index in [1.54, 1.807) is 0 Å². The number of halogens is 3. The first-order valence-electron chi connectivity index (χ1n) is 6.71. The van der Waals surface area contributed by atoms with Crippen molar-refractivity contribution >= 4 is 21.6 Å². The maximum atomic E-state index is 13.8. The molecule has 0 saturated carbocycles. The lowest BCUT2D eigenvalue weighted by Gasteiger charge is -2.10. The normalized spacial score (nSPS) is 10.5. The molecule has 2 nitrogen and oxygen atoms in total. The summed E-state index contributed by atoms with van der Waals surface area (Å²) in [6, 6.07) is 9.88. The predicted molar refractivity (Wildman–Crippen MR) is 83.6 cm³/mol. The minimum Gasteiger partial charge on any atom is -0.494 e. The Morgan fingerprint density at radius 3 is 2.48 bits per heavy atom. The number of hydrogen-bond acceptors (Lipinski definition) is 2. The molecule has 0 aliphatic carbocycles. The Labute approximate surface area is 131 Å². The quantitative estimate of drug-likeness (QED) is 0.725. The minimum atomic E-state index is -0.578. The molecule has 0 aliphatic rings. The number of rotatable bonds is 6. The van der Waals surface area contributed by atoms with E-state index in [1.807, 2.05) is 31.2 Å². The molecule has 2 aromatic rings. The van der Waals surface area contributed by atoms with Gasteiger partial charge in [0.2, 0.25) is 0 Å². The first kappa shape index (κ1) is 15.8. The Kier molecular flexibility index (Phi) is 5.56. The Morgan fingerprint density at radius 1 is 1.10 bits per heavy atom. The largest absolute Gasteiger partial charge is 0.494 e. The monoisotopic (exact) mass is 355 g/mol. The Hall–Kier alpha value is -1.62. The number of anilines is 1. The highest BCUT2D eigenvalue weighted by Crippen LogP contribution is 2.23. The van der Waals surface area contributed by atoms with Gasteiger partial charge in [-0.2, -0.15) is 0 Å². The highest BCUT2D eigenvalue weighted by Gasteiger charge is 2.11. The van der Waals surface area contributed by atoms with Crippen LogP contribution in [0.4, 0.5) is 14.5 Å². The van der Waals surface area contributed by atoms with Gasteiger partial charge in [0, 0.05) is 17.8 Å². The summed E-state index contributed by atoms with van der Waals surface area (Å²) in [5, 5.41) is 3.00. The predicted octanol–water partition coefficient (Wildman–Crippen LogP) is 5.13. The van der Waals surface area contributed by atoms with Crippen LogP contribution in [0.25, 0.3) is 0 Å². The third-order valence-corrected chi connectivity index (χ3v) is 3.55. The SMILES string of the molecule is CCCOc1ccc(NCc2c(F)ccc(Br)c2F)cc1. The van der Waals surface area contributed by atoms with Crippen LogP contribution in [0, 0.1) is 11.6 Å². The molecule has 2 rings (SSSR count). The minimum absolute atomic E-state index is 0.00989. The van der Waals surface area contributed by atoms with Crippen molar-refractivity contribution in [3.8, 4) is 5.75 Å². The van der Waals surface area contributed by atoms with Gasteiger partial charge in [0.25, 0.3) is 0 Å². The fourth-order valence-electron chi connectivity index (χ4n) is 1.81. The van der Waals surface area contributed by atoms with Crippen LogP contribution in [-0.2, 0) is 6.54 Å². The molecule has 0 unspecified atom stereocenters. The Balaban J connectivity index is 2.02. The second-order valence-electron chi connectivity index (χ2n) is 4.55. The Morgan fingerprint density at radius 2 is 1.81 bits per heavy atom. The van der Waals surface area contributed by atoms with Gasteiger partial charge in [0.1, 0.15) is 17.4 Å². The van der Waals surface area contributed by atoms with E-state index in [0.717, 1.165) is 17.9 Å². The summed E-state index contributed by atoms with van der Waals surface area (Å²) < 4.78 is 33.2. The lowest BCUT2D eigenvalue weighted by molar-refractivity contribution is 0.317. The molecule has 1 N–H and O–H groups in total. The molecular formula is C16H16BrF2NO. The maximum Gasteiger partial charge on any atom is 0.145 e. The molecule has 2 aromatic carbocycles. The molecule has 5 heteroatoms. The molecule has 0 spiro atoms. The zero-order valence-corrected chi connectivity index (χ0v) is 13.2. The van der Waals surface area contributed by atoms with Crippen molar-refractivity contribution in [2.75, 3.05) is 11.9 Å². The molecule has 0 atom stereocenters. The average molecular weight is 356 g/mol. The van der Waals surface area contributed by atoms with Crippen molar-refractivity contribution in [3.05, 3.63) is 58.1 Å². The maximum absolute atomic E-state index is 13.8. The molecule has 0 amide bonds. The number of nitrogens with one attached hydrogen (secondary N) is 1. The number of ether oxygens (including phenoxy) is 1. The number of hydrogen-bond donors (Lipinski definition) is 1. The summed E-state index contributed by atoms with van der Waals surface area (Å²) in [5.74, 6) is -0.362. The fraction of sp³-hybridized carbons (Fsp3) is 0.250. The van der Waals surface area contributed by atoms with Crippen LogP contribution >= 0.6 is 15.9 Å². The van der Waals surface area contributed by atoms with Crippen LogP contribution in [0.3, 0.4) is 0 Å². The smallest absolute Gasteiger partial charge is 0.145 e. The topological polar surface area (TPSA) is 21.3 Å². The van der Waals surface area contributed by atoms with Gasteiger partial charge < -0.3 is 10.1 Å². The summed E-state index contributed by atoms with van der Waals surface area (Å²) in [6.07, 6.45) is 0.946. The second-order valence-corrected chi connectivity index (χ2v) is 5.40. The molecule has 0 fully saturated rings. The summed E-state index contributed by atoms with van der Waals surface area (Å²) in [4.78, 5) is 0. The zero-order valence-electron chi connectivity index (χ0n) is 11.6. The van der Waals surface area contributed by atoms with Gasteiger partial charge in [-0.1, -0.05) is 6.92 Å². The van der Waals surface area contributed by atoms with E-state index in [4.69, 9.17) is 4.74 Å². The molecule has 0 heterocycles. The molecule has 0 aliphatic heterocycles. The summed E-state index contributed by atoms with van der Waals surface area (Å²) in [5.41, 5.74) is 0.785. The zero-order chi connectivity index (χ0) is 15.2. The van der Waals surface area contributed by atoms with Crippen LogP contribution in [0.1, 0.15) is 18.9 Å². The van der Waals surface area contributed by atoms with Crippen LogP contribution in [0.15, 0.2) is 40.9 Å². The lowest BCUT2D eigenvalue weighted by Crippen LogP contribution is -2.05. The molecular weight excluding hydrogens is 340 g/mol. The second kappa shape index (κ2) is 7.41. The van der Waals surface area contributed by atoms with Crippen LogP contribution < -0.4 is 10.1 Å². The van der Waals surface area contributed by atoms with E-state index >= 15 is 0 Å². The third-order valence-electron chi connectivity index (χ3n) is 2.94. The number of benzene rings is 2. The third kappa shape index (κ3) is 4.17. The standard InChI is InChI=1S/C16H16BrF2NO/c1-2-9-21-12-5-3-11(4-6-12)20-10-13-15(18)8-7-14(17)16(13)19/h3-8,20H,2,9-10H2,1H3. The molecule has 21 heavy (non-hydrogen) atoms. The average Bonchev–Trinajstić information content (AvgIpc) is 2.50. The molecule has 0 aromatic heterocycles. The highest BCUT2D eigenvalue weighted by molar-refractivity contribution is 9.10. The van der Waals surface area contributed by atoms with Crippen molar-refractivity contribution in [1.82, 2.24) is 0 Å². The van der Waals surface area contributed by atoms with Crippen molar-refractivity contribution in [1.29, 1.82) is 0 Å². The molecule has 0 saturated heterocycles. The van der Waals surface area contributed by atoms with Crippen LogP contribution in [0.5, 0.6) is 5.75 Å². The van der Waals surface area contributed by atoms with Gasteiger partial charge in [-0.15, -0.1) is 0 Å². The van der Waals surface area contributed by atoms with E-state index in [9.17, 15) is 8.78 Å². The van der Waals surface area contributed by atoms with Crippen molar-refractivity contribution in [2.45, 2.75) is 19.9 Å². The van der Waals surface area contributed by atoms with E-state index < -0.39 is 11.6 Å². The van der Waals surface area contributed by atoms with E-state index in [1.165, 1.54) is 12.1 Å². The fourth-order valence-corrected chi connectivity index (χ4v) is 2.18. The summed E-state index contributed by atoms with van der Waals surface area (Å²) in [6.45, 7) is 2.78. The first-order valence-corrected chi connectivity index (χ1v) is 7.50. The van der Waals surface area contributed by atoms with Gasteiger partial charge >= 0.3 is 0 Å². The van der Waals surface area contributed by atoms with Gasteiger partial charge in [-0.05, 0) is 58.7 Å². The van der Waals surface area contributed by atoms with Gasteiger partial charge in [0.05, 0.1) is 11.1 Å². The van der Waals surface area contributed by atoms with Crippen LogP contribution in [0.2, 0.25) is 0 Å². The van der Waals surface area contributed by atoms with Gasteiger partial charge in [-0.25, -0.2) is 8.78 Å². The van der Waals surface area contributed by atoms with E-state index in [-0.39, 0.29) is 16.6 Å². The van der Waals surface area contributed by atoms with Crippen molar-refractivity contribution in [3.63, 3.8) is 0 Å². The Bertz CT molecular complexity index is 602. The van der Waals surface area contributed by atoms with Crippen molar-refractivity contribution in [2.24, 2.45) is 0 Å². The molecule has 0 bridgehead atoms. The summed E-state index contributed by atoms with van der Waals surface area (Å²) in [7, 11) is 0. The first-order chi connectivity index (χ1) is 10.1. The van der Waals surface area contributed by atoms with Crippen molar-refractivity contribution < 1.29 is 13.5 Å². The van der Waals surface area contributed by atoms with Gasteiger partial charge in [0.15, 0.2) is 0 Å². The molecule has 112 valence electrons. The van der Waals surface area contributed by atoms with E-state index in [2.05, 4.69) is 21.2 Å².